The second-order valence-electron chi connectivity index (χ2n) is 4.12. The molecule has 0 heterocycles. The number of rotatable bonds is 3. The molecule has 0 aromatic heterocycles. The minimum absolute atomic E-state index is 0.309. The van der Waals surface area contributed by atoms with Gasteiger partial charge >= 0.3 is 0 Å². The van der Waals surface area contributed by atoms with Crippen LogP contribution in [-0.4, -0.2) is 0 Å². The summed E-state index contributed by atoms with van der Waals surface area (Å²) in [5, 5.41) is 0.702. The Balaban J connectivity index is 2.41. The zero-order chi connectivity index (χ0) is 14.0. The van der Waals surface area contributed by atoms with Crippen LogP contribution in [0.3, 0.4) is 0 Å². The molecule has 1 atom stereocenters. The standard InChI is InChI=1S/C14H12Cl2FNO/c1-8(18)10-7-9(17)5-6-12(10)19-13-4-2-3-11(15)14(13)16/h2-8H,18H2,1H3. The topological polar surface area (TPSA) is 35.2 Å². The number of hydrogen-bond donors (Lipinski definition) is 1. The van der Waals surface area contributed by atoms with Gasteiger partial charge in [-0.1, -0.05) is 29.3 Å². The summed E-state index contributed by atoms with van der Waals surface area (Å²) < 4.78 is 18.9. The van der Waals surface area contributed by atoms with E-state index in [0.717, 1.165) is 0 Å². The first-order valence-corrected chi connectivity index (χ1v) is 6.41. The van der Waals surface area contributed by atoms with Crippen molar-refractivity contribution in [3.8, 4) is 11.5 Å². The molecule has 5 heteroatoms. The molecule has 2 nitrogen and oxygen atoms in total. The molecule has 0 aliphatic heterocycles. The van der Waals surface area contributed by atoms with Crippen molar-refractivity contribution in [1.82, 2.24) is 0 Å². The monoisotopic (exact) mass is 299 g/mol. The third-order valence-electron chi connectivity index (χ3n) is 2.60. The maximum absolute atomic E-state index is 13.2. The molecule has 2 rings (SSSR count). The van der Waals surface area contributed by atoms with Crippen molar-refractivity contribution in [1.29, 1.82) is 0 Å². The van der Waals surface area contributed by atoms with Gasteiger partial charge in [0, 0.05) is 11.6 Å². The van der Waals surface area contributed by atoms with Gasteiger partial charge in [0.05, 0.1) is 5.02 Å². The van der Waals surface area contributed by atoms with Crippen LogP contribution < -0.4 is 10.5 Å². The van der Waals surface area contributed by atoms with E-state index in [9.17, 15) is 4.39 Å². The third kappa shape index (κ3) is 3.18. The van der Waals surface area contributed by atoms with Crippen LogP contribution in [0.25, 0.3) is 0 Å². The second kappa shape index (κ2) is 5.78. The van der Waals surface area contributed by atoms with Crippen molar-refractivity contribution in [3.63, 3.8) is 0 Å². The van der Waals surface area contributed by atoms with Crippen LogP contribution >= 0.6 is 23.2 Å². The fourth-order valence-corrected chi connectivity index (χ4v) is 1.98. The lowest BCUT2D eigenvalue weighted by Gasteiger charge is -2.15. The summed E-state index contributed by atoms with van der Waals surface area (Å²) >= 11 is 12.0. The molecule has 2 aromatic rings. The first-order chi connectivity index (χ1) is 8.99. The molecule has 0 amide bonds. The van der Waals surface area contributed by atoms with Gasteiger partial charge in [-0.3, -0.25) is 0 Å². The first-order valence-electron chi connectivity index (χ1n) is 5.66. The summed E-state index contributed by atoms with van der Waals surface area (Å²) in [6.07, 6.45) is 0. The molecule has 19 heavy (non-hydrogen) atoms. The largest absolute Gasteiger partial charge is 0.455 e. The predicted molar refractivity (Wildman–Crippen MR) is 75.5 cm³/mol. The van der Waals surface area contributed by atoms with Crippen LogP contribution in [0.15, 0.2) is 36.4 Å². The van der Waals surface area contributed by atoms with Gasteiger partial charge in [0.2, 0.25) is 0 Å². The van der Waals surface area contributed by atoms with Crippen molar-refractivity contribution in [2.24, 2.45) is 5.73 Å². The highest BCUT2D eigenvalue weighted by molar-refractivity contribution is 6.42. The Morgan fingerprint density at radius 3 is 2.58 bits per heavy atom. The van der Waals surface area contributed by atoms with E-state index < -0.39 is 0 Å². The first kappa shape index (κ1) is 14.1. The zero-order valence-electron chi connectivity index (χ0n) is 10.2. The van der Waals surface area contributed by atoms with Gasteiger partial charge in [0.15, 0.2) is 0 Å². The van der Waals surface area contributed by atoms with E-state index in [1.165, 1.54) is 18.2 Å². The molecular formula is C14H12Cl2FNO. The molecule has 2 N–H and O–H groups in total. The van der Waals surface area contributed by atoms with Gasteiger partial charge in [-0.05, 0) is 37.3 Å². The lowest BCUT2D eigenvalue weighted by molar-refractivity contribution is 0.469. The molecule has 0 saturated heterocycles. The number of benzene rings is 2. The molecule has 0 fully saturated rings. The molecule has 0 aliphatic rings. The quantitative estimate of drug-likeness (QED) is 0.871. The fourth-order valence-electron chi connectivity index (χ4n) is 1.65. The number of halogens is 3. The van der Waals surface area contributed by atoms with Crippen molar-refractivity contribution in [3.05, 3.63) is 57.8 Å². The summed E-state index contributed by atoms with van der Waals surface area (Å²) in [5.74, 6) is 0.500. The molecule has 100 valence electrons. The molecule has 0 bridgehead atoms. The van der Waals surface area contributed by atoms with Crippen LogP contribution in [0.4, 0.5) is 4.39 Å². The summed E-state index contributed by atoms with van der Waals surface area (Å²) in [4.78, 5) is 0. The molecule has 1 unspecified atom stereocenters. The lowest BCUT2D eigenvalue weighted by Crippen LogP contribution is -2.07. The van der Waals surface area contributed by atoms with Crippen LogP contribution in [0.1, 0.15) is 18.5 Å². The lowest BCUT2D eigenvalue weighted by atomic mass is 10.1. The van der Waals surface area contributed by atoms with E-state index in [1.54, 1.807) is 25.1 Å². The fraction of sp³-hybridized carbons (Fsp3) is 0.143. The smallest absolute Gasteiger partial charge is 0.147 e. The van der Waals surface area contributed by atoms with Crippen molar-refractivity contribution < 1.29 is 9.13 Å². The number of hydrogen-bond acceptors (Lipinski definition) is 2. The van der Waals surface area contributed by atoms with Crippen LogP contribution in [0.5, 0.6) is 11.5 Å². The highest BCUT2D eigenvalue weighted by atomic mass is 35.5. The number of ether oxygens (including phenoxy) is 1. The minimum atomic E-state index is -0.364. The van der Waals surface area contributed by atoms with Gasteiger partial charge in [-0.15, -0.1) is 0 Å². The van der Waals surface area contributed by atoms with Crippen molar-refractivity contribution in [2.75, 3.05) is 0 Å². The molecular weight excluding hydrogens is 288 g/mol. The molecule has 0 saturated carbocycles. The normalized spacial score (nSPS) is 12.3. The van der Waals surface area contributed by atoms with Crippen molar-refractivity contribution in [2.45, 2.75) is 13.0 Å². The molecule has 0 aliphatic carbocycles. The van der Waals surface area contributed by atoms with Crippen LogP contribution in [0.2, 0.25) is 10.0 Å². The van der Waals surface area contributed by atoms with Gasteiger partial charge in [0.25, 0.3) is 0 Å². The van der Waals surface area contributed by atoms with E-state index in [0.29, 0.717) is 27.1 Å². The maximum atomic E-state index is 13.2. The average molecular weight is 300 g/mol. The Kier molecular flexibility index (Phi) is 4.30. The Morgan fingerprint density at radius 1 is 1.16 bits per heavy atom. The van der Waals surface area contributed by atoms with E-state index in [2.05, 4.69) is 0 Å². The molecule has 0 radical (unpaired) electrons. The summed E-state index contributed by atoms with van der Waals surface area (Å²) in [7, 11) is 0. The van der Waals surface area contributed by atoms with E-state index in [1.807, 2.05) is 0 Å². The highest BCUT2D eigenvalue weighted by Gasteiger charge is 2.13. The van der Waals surface area contributed by atoms with Crippen LogP contribution in [0, 0.1) is 5.82 Å². The molecule has 0 spiro atoms. The third-order valence-corrected chi connectivity index (χ3v) is 3.40. The Bertz CT molecular complexity index is 602. The predicted octanol–water partition coefficient (Wildman–Crippen LogP) is 4.94. The van der Waals surface area contributed by atoms with E-state index in [4.69, 9.17) is 33.7 Å². The average Bonchev–Trinajstić information content (AvgIpc) is 2.36. The molecule has 2 aromatic carbocycles. The van der Waals surface area contributed by atoms with Crippen molar-refractivity contribution >= 4 is 23.2 Å². The zero-order valence-corrected chi connectivity index (χ0v) is 11.7. The van der Waals surface area contributed by atoms with E-state index >= 15 is 0 Å². The van der Waals surface area contributed by atoms with Crippen LogP contribution in [-0.2, 0) is 0 Å². The summed E-state index contributed by atoms with van der Waals surface area (Å²) in [5.41, 5.74) is 6.37. The Hall–Kier alpha value is -1.29. The Labute approximate surface area is 120 Å². The SMILES string of the molecule is CC(N)c1cc(F)ccc1Oc1cccc(Cl)c1Cl. The number of nitrogens with two attached hydrogens (primary N) is 1. The minimum Gasteiger partial charge on any atom is -0.455 e. The van der Waals surface area contributed by atoms with Gasteiger partial charge in [-0.2, -0.15) is 0 Å². The summed E-state index contributed by atoms with van der Waals surface area (Å²) in [6, 6.07) is 8.88. The van der Waals surface area contributed by atoms with E-state index in [-0.39, 0.29) is 11.9 Å². The highest BCUT2D eigenvalue weighted by Crippen LogP contribution is 2.36. The van der Waals surface area contributed by atoms with Gasteiger partial charge in [-0.25, -0.2) is 4.39 Å². The van der Waals surface area contributed by atoms with Gasteiger partial charge < -0.3 is 10.5 Å². The summed E-state index contributed by atoms with van der Waals surface area (Å²) in [6.45, 7) is 1.75. The Morgan fingerprint density at radius 2 is 1.89 bits per heavy atom. The maximum Gasteiger partial charge on any atom is 0.147 e. The second-order valence-corrected chi connectivity index (χ2v) is 4.91. The van der Waals surface area contributed by atoms with Gasteiger partial charge in [0.1, 0.15) is 22.3 Å².